The monoisotopic (exact) mass is 238 g/mol. The van der Waals surface area contributed by atoms with E-state index in [0.717, 1.165) is 5.56 Å². The van der Waals surface area contributed by atoms with Crippen LogP contribution in [-0.4, -0.2) is 20.4 Å². The summed E-state index contributed by atoms with van der Waals surface area (Å²) >= 11 is 0. The number of rotatable bonds is 3. The molecule has 0 atom stereocenters. The predicted molar refractivity (Wildman–Crippen MR) is 58.2 cm³/mol. The fraction of sp³-hybridized carbons (Fsp3) is 0.100. The highest BCUT2D eigenvalue weighted by Gasteiger charge is 2.21. The van der Waals surface area contributed by atoms with Gasteiger partial charge in [0.2, 0.25) is 5.09 Å². The number of aromatic nitrogens is 1. The van der Waals surface area contributed by atoms with Crippen LogP contribution >= 0.6 is 0 Å². The quantitative estimate of drug-likeness (QED) is 0.873. The van der Waals surface area contributed by atoms with Gasteiger partial charge in [-0.15, -0.1) is 0 Å². The topological polar surface area (TPSA) is 72.2 Å². The van der Waals surface area contributed by atoms with Crippen molar-refractivity contribution in [1.29, 1.82) is 0 Å². The third kappa shape index (κ3) is 1.84. The lowest BCUT2D eigenvalue weighted by molar-refractivity contribution is 0.449. The van der Waals surface area contributed by atoms with Gasteiger partial charge in [0.05, 0.1) is 6.26 Å². The fourth-order valence-electron chi connectivity index (χ4n) is 1.34. The largest absolute Gasteiger partial charge is 0.451 e. The van der Waals surface area contributed by atoms with E-state index in [9.17, 15) is 8.42 Å². The number of hydrogen-bond acceptors (Lipinski definition) is 4. The van der Waals surface area contributed by atoms with Gasteiger partial charge >= 0.3 is 0 Å². The van der Waals surface area contributed by atoms with E-state index < -0.39 is 10.0 Å². The second-order valence-corrected chi connectivity index (χ2v) is 4.85. The second kappa shape index (κ2) is 4.07. The smallest absolute Gasteiger partial charge is 0.274 e. The number of sulfonamides is 1. The van der Waals surface area contributed by atoms with E-state index in [0.29, 0.717) is 5.56 Å². The Balaban J connectivity index is 2.58. The maximum atomic E-state index is 11.6. The van der Waals surface area contributed by atoms with Gasteiger partial charge in [0, 0.05) is 18.0 Å². The molecule has 84 valence electrons. The molecule has 2 aromatic heterocycles. The minimum Gasteiger partial charge on any atom is -0.451 e. The standard InChI is InChI=1S/C10H10N2O3S/c1-11-16(13,14)10-9(4-7-15-10)8-2-5-12-6-3-8/h2-7,11H,1H3. The summed E-state index contributed by atoms with van der Waals surface area (Å²) in [7, 11) is -2.23. The molecule has 16 heavy (non-hydrogen) atoms. The average molecular weight is 238 g/mol. The highest BCUT2D eigenvalue weighted by molar-refractivity contribution is 7.89. The zero-order valence-corrected chi connectivity index (χ0v) is 9.36. The lowest BCUT2D eigenvalue weighted by atomic mass is 10.1. The van der Waals surface area contributed by atoms with Crippen molar-refractivity contribution in [2.45, 2.75) is 5.09 Å². The average Bonchev–Trinajstić information content (AvgIpc) is 2.80. The van der Waals surface area contributed by atoms with Gasteiger partial charge in [-0.25, -0.2) is 13.1 Å². The van der Waals surface area contributed by atoms with Crippen molar-refractivity contribution in [2.24, 2.45) is 0 Å². The molecule has 0 amide bonds. The number of nitrogens with zero attached hydrogens (tertiary/aromatic N) is 1. The van der Waals surface area contributed by atoms with E-state index in [-0.39, 0.29) is 5.09 Å². The molecule has 6 heteroatoms. The Bertz CT molecular complexity index is 575. The molecule has 0 unspecified atom stereocenters. The summed E-state index contributed by atoms with van der Waals surface area (Å²) in [6, 6.07) is 5.05. The van der Waals surface area contributed by atoms with Crippen LogP contribution in [0.25, 0.3) is 11.1 Å². The van der Waals surface area contributed by atoms with Crippen molar-refractivity contribution in [3.8, 4) is 11.1 Å². The summed E-state index contributed by atoms with van der Waals surface area (Å²) < 4.78 is 30.5. The summed E-state index contributed by atoms with van der Waals surface area (Å²) in [5.74, 6) is 0. The molecule has 0 aromatic carbocycles. The molecule has 1 N–H and O–H groups in total. The summed E-state index contributed by atoms with van der Waals surface area (Å²) in [6.45, 7) is 0. The maximum Gasteiger partial charge on any atom is 0.274 e. The van der Waals surface area contributed by atoms with Crippen molar-refractivity contribution < 1.29 is 12.8 Å². The maximum absolute atomic E-state index is 11.6. The lowest BCUT2D eigenvalue weighted by Gasteiger charge is -2.02. The Morgan fingerprint density at radius 1 is 1.25 bits per heavy atom. The van der Waals surface area contributed by atoms with Crippen molar-refractivity contribution in [3.63, 3.8) is 0 Å². The molecule has 0 aliphatic rings. The molecule has 2 aromatic rings. The first kappa shape index (κ1) is 10.8. The molecule has 2 rings (SSSR count). The molecule has 0 aliphatic carbocycles. The second-order valence-electron chi connectivity index (χ2n) is 3.07. The Labute approximate surface area is 93.2 Å². The SMILES string of the molecule is CNS(=O)(=O)c1occc1-c1ccncc1. The first-order valence-electron chi connectivity index (χ1n) is 4.56. The van der Waals surface area contributed by atoms with Crippen LogP contribution in [0.3, 0.4) is 0 Å². The minimum absolute atomic E-state index is 0.0822. The van der Waals surface area contributed by atoms with E-state index in [2.05, 4.69) is 9.71 Å². The normalized spacial score (nSPS) is 11.6. The highest BCUT2D eigenvalue weighted by atomic mass is 32.2. The summed E-state index contributed by atoms with van der Waals surface area (Å²) in [6.07, 6.45) is 4.54. The van der Waals surface area contributed by atoms with Gasteiger partial charge in [-0.2, -0.15) is 0 Å². The Hall–Kier alpha value is -1.66. The van der Waals surface area contributed by atoms with E-state index in [1.54, 1.807) is 30.6 Å². The molecule has 0 radical (unpaired) electrons. The Morgan fingerprint density at radius 3 is 2.56 bits per heavy atom. The van der Waals surface area contributed by atoms with Crippen LogP contribution in [0, 0.1) is 0 Å². The van der Waals surface area contributed by atoms with E-state index in [4.69, 9.17) is 4.42 Å². The molecule has 2 heterocycles. The molecule has 0 spiro atoms. The molecular formula is C10H10N2O3S. The molecule has 0 saturated carbocycles. The van der Waals surface area contributed by atoms with Crippen LogP contribution in [0.1, 0.15) is 0 Å². The van der Waals surface area contributed by atoms with Gasteiger partial charge in [0.25, 0.3) is 10.0 Å². The van der Waals surface area contributed by atoms with Crippen LogP contribution in [-0.2, 0) is 10.0 Å². The molecule has 0 saturated heterocycles. The van der Waals surface area contributed by atoms with Crippen LogP contribution in [0.5, 0.6) is 0 Å². The van der Waals surface area contributed by atoms with Gasteiger partial charge < -0.3 is 4.42 Å². The van der Waals surface area contributed by atoms with Gasteiger partial charge in [-0.05, 0) is 30.8 Å². The molecule has 0 fully saturated rings. The Kier molecular flexibility index (Phi) is 2.76. The van der Waals surface area contributed by atoms with Crippen LogP contribution in [0.2, 0.25) is 0 Å². The van der Waals surface area contributed by atoms with Crippen molar-refractivity contribution in [1.82, 2.24) is 9.71 Å². The zero-order valence-electron chi connectivity index (χ0n) is 8.54. The van der Waals surface area contributed by atoms with E-state index >= 15 is 0 Å². The van der Waals surface area contributed by atoms with Crippen LogP contribution < -0.4 is 4.72 Å². The van der Waals surface area contributed by atoms with E-state index in [1.807, 2.05) is 0 Å². The van der Waals surface area contributed by atoms with Crippen LogP contribution in [0.4, 0.5) is 0 Å². The highest BCUT2D eigenvalue weighted by Crippen LogP contribution is 2.27. The van der Waals surface area contributed by atoms with Crippen LogP contribution in [0.15, 0.2) is 46.4 Å². The lowest BCUT2D eigenvalue weighted by Crippen LogP contribution is -2.18. The fourth-order valence-corrected chi connectivity index (χ4v) is 2.18. The third-order valence-electron chi connectivity index (χ3n) is 2.13. The third-order valence-corrected chi connectivity index (χ3v) is 3.48. The first-order chi connectivity index (χ1) is 7.65. The van der Waals surface area contributed by atoms with Gasteiger partial charge in [0.15, 0.2) is 0 Å². The predicted octanol–water partition coefficient (Wildman–Crippen LogP) is 1.25. The summed E-state index contributed by atoms with van der Waals surface area (Å²) in [5.41, 5.74) is 1.27. The molecular weight excluding hydrogens is 228 g/mol. The first-order valence-corrected chi connectivity index (χ1v) is 6.05. The van der Waals surface area contributed by atoms with Crippen molar-refractivity contribution >= 4 is 10.0 Å². The zero-order chi connectivity index (χ0) is 11.6. The number of nitrogens with one attached hydrogen (secondary N) is 1. The number of furan rings is 1. The summed E-state index contributed by atoms with van der Waals surface area (Å²) in [4.78, 5) is 3.87. The molecule has 0 bridgehead atoms. The van der Waals surface area contributed by atoms with Crippen molar-refractivity contribution in [2.75, 3.05) is 7.05 Å². The summed E-state index contributed by atoms with van der Waals surface area (Å²) in [5, 5.41) is -0.0822. The van der Waals surface area contributed by atoms with Gasteiger partial charge in [0.1, 0.15) is 0 Å². The number of pyridine rings is 1. The van der Waals surface area contributed by atoms with Gasteiger partial charge in [-0.3, -0.25) is 4.98 Å². The van der Waals surface area contributed by atoms with E-state index in [1.165, 1.54) is 13.3 Å². The Morgan fingerprint density at radius 2 is 1.94 bits per heavy atom. The van der Waals surface area contributed by atoms with Crippen molar-refractivity contribution in [3.05, 3.63) is 36.9 Å². The number of hydrogen-bond donors (Lipinski definition) is 1. The van der Waals surface area contributed by atoms with Gasteiger partial charge in [-0.1, -0.05) is 0 Å². The molecule has 0 aliphatic heterocycles. The minimum atomic E-state index is -3.57. The molecule has 5 nitrogen and oxygen atoms in total.